The molecule has 0 saturated heterocycles. The summed E-state index contributed by atoms with van der Waals surface area (Å²) in [5.41, 5.74) is 0.983. The first-order chi connectivity index (χ1) is 10.0. The standard InChI is InChI=1S/C14H24N2O4S/c1-4-7-15-11-12-5-6-14(13(10-12)20-3)21(17,18)16-8-9-19-2/h5-6,10,15-16H,4,7-9,11H2,1-3H3. The van der Waals surface area contributed by atoms with E-state index in [0.717, 1.165) is 18.5 Å². The maximum atomic E-state index is 12.2. The van der Waals surface area contributed by atoms with Crippen LogP contribution in [0, 0.1) is 0 Å². The Labute approximate surface area is 126 Å². The summed E-state index contributed by atoms with van der Waals surface area (Å²) in [6.07, 6.45) is 1.05. The van der Waals surface area contributed by atoms with Gasteiger partial charge >= 0.3 is 0 Å². The number of nitrogens with one attached hydrogen (secondary N) is 2. The van der Waals surface area contributed by atoms with Crippen molar-refractivity contribution in [1.82, 2.24) is 10.0 Å². The Morgan fingerprint density at radius 2 is 1.95 bits per heavy atom. The fraction of sp³-hybridized carbons (Fsp3) is 0.571. The van der Waals surface area contributed by atoms with Crippen molar-refractivity contribution in [2.75, 3.05) is 33.9 Å². The van der Waals surface area contributed by atoms with Crippen molar-refractivity contribution < 1.29 is 17.9 Å². The average Bonchev–Trinajstić information content (AvgIpc) is 2.47. The molecule has 0 aliphatic heterocycles. The van der Waals surface area contributed by atoms with Gasteiger partial charge in [-0.3, -0.25) is 0 Å². The van der Waals surface area contributed by atoms with Gasteiger partial charge in [0, 0.05) is 20.2 Å². The molecule has 0 aliphatic carbocycles. The van der Waals surface area contributed by atoms with Crippen molar-refractivity contribution in [3.05, 3.63) is 23.8 Å². The molecule has 1 rings (SSSR count). The van der Waals surface area contributed by atoms with Gasteiger partial charge in [0.15, 0.2) is 0 Å². The molecule has 0 aromatic heterocycles. The molecule has 120 valence electrons. The average molecular weight is 316 g/mol. The fourth-order valence-electron chi connectivity index (χ4n) is 1.81. The lowest BCUT2D eigenvalue weighted by molar-refractivity contribution is 0.204. The van der Waals surface area contributed by atoms with E-state index < -0.39 is 10.0 Å². The lowest BCUT2D eigenvalue weighted by atomic mass is 10.2. The molecule has 0 saturated carbocycles. The Morgan fingerprint density at radius 3 is 2.57 bits per heavy atom. The van der Waals surface area contributed by atoms with Crippen molar-refractivity contribution in [2.24, 2.45) is 0 Å². The number of benzene rings is 1. The smallest absolute Gasteiger partial charge is 0.244 e. The first kappa shape index (κ1) is 17.9. The van der Waals surface area contributed by atoms with Crippen LogP contribution in [0.5, 0.6) is 5.75 Å². The maximum Gasteiger partial charge on any atom is 0.244 e. The van der Waals surface area contributed by atoms with Gasteiger partial charge < -0.3 is 14.8 Å². The second-order valence-corrected chi connectivity index (χ2v) is 6.29. The Kier molecular flexibility index (Phi) is 7.66. The van der Waals surface area contributed by atoms with Crippen molar-refractivity contribution in [2.45, 2.75) is 24.8 Å². The molecular formula is C14H24N2O4S. The number of ether oxygens (including phenoxy) is 2. The molecule has 0 heterocycles. The third-order valence-corrected chi connectivity index (χ3v) is 4.37. The summed E-state index contributed by atoms with van der Waals surface area (Å²) in [4.78, 5) is 0.139. The van der Waals surface area contributed by atoms with Crippen LogP contribution in [-0.2, 0) is 21.3 Å². The quantitative estimate of drug-likeness (QED) is 0.633. The number of methoxy groups -OCH3 is 2. The van der Waals surface area contributed by atoms with Crippen LogP contribution in [0.15, 0.2) is 23.1 Å². The van der Waals surface area contributed by atoms with E-state index in [1.165, 1.54) is 14.2 Å². The van der Waals surface area contributed by atoms with Crippen molar-refractivity contribution in [3.8, 4) is 5.75 Å². The molecule has 6 nitrogen and oxygen atoms in total. The highest BCUT2D eigenvalue weighted by molar-refractivity contribution is 7.89. The molecule has 0 amide bonds. The largest absolute Gasteiger partial charge is 0.495 e. The van der Waals surface area contributed by atoms with Gasteiger partial charge in [-0.1, -0.05) is 13.0 Å². The first-order valence-corrected chi connectivity index (χ1v) is 8.39. The molecule has 0 bridgehead atoms. The van der Waals surface area contributed by atoms with Crippen LogP contribution in [0.2, 0.25) is 0 Å². The molecule has 1 aromatic rings. The summed E-state index contributed by atoms with van der Waals surface area (Å²) in [6.45, 7) is 4.24. The van der Waals surface area contributed by atoms with Crippen molar-refractivity contribution in [3.63, 3.8) is 0 Å². The van der Waals surface area contributed by atoms with E-state index in [1.807, 2.05) is 0 Å². The molecule has 0 fully saturated rings. The van der Waals surface area contributed by atoms with Gasteiger partial charge in [-0.15, -0.1) is 0 Å². The van der Waals surface area contributed by atoms with E-state index >= 15 is 0 Å². The summed E-state index contributed by atoms with van der Waals surface area (Å²) in [5, 5.41) is 3.27. The highest BCUT2D eigenvalue weighted by atomic mass is 32.2. The SMILES string of the molecule is CCCNCc1ccc(S(=O)(=O)NCCOC)c(OC)c1. The van der Waals surface area contributed by atoms with Crippen LogP contribution in [0.1, 0.15) is 18.9 Å². The number of sulfonamides is 1. The molecule has 21 heavy (non-hydrogen) atoms. The molecule has 0 radical (unpaired) electrons. The van der Waals surface area contributed by atoms with Crippen LogP contribution in [0.3, 0.4) is 0 Å². The van der Waals surface area contributed by atoms with E-state index in [4.69, 9.17) is 9.47 Å². The van der Waals surface area contributed by atoms with Crippen LogP contribution in [0.4, 0.5) is 0 Å². The molecule has 1 aromatic carbocycles. The van der Waals surface area contributed by atoms with Gasteiger partial charge in [-0.05, 0) is 30.7 Å². The van der Waals surface area contributed by atoms with Crippen LogP contribution >= 0.6 is 0 Å². The van der Waals surface area contributed by atoms with Crippen LogP contribution < -0.4 is 14.8 Å². The van der Waals surface area contributed by atoms with Gasteiger partial charge in [-0.25, -0.2) is 13.1 Å². The van der Waals surface area contributed by atoms with Gasteiger partial charge in [0.25, 0.3) is 0 Å². The lowest BCUT2D eigenvalue weighted by Gasteiger charge is -2.12. The minimum atomic E-state index is -3.59. The number of hydrogen-bond donors (Lipinski definition) is 2. The van der Waals surface area contributed by atoms with E-state index in [2.05, 4.69) is 17.0 Å². The predicted octanol–water partition coefficient (Wildman–Crippen LogP) is 1.12. The predicted molar refractivity (Wildman–Crippen MR) is 82.1 cm³/mol. The van der Waals surface area contributed by atoms with E-state index in [9.17, 15) is 8.42 Å². The molecule has 0 unspecified atom stereocenters. The monoisotopic (exact) mass is 316 g/mol. The molecule has 2 N–H and O–H groups in total. The Morgan fingerprint density at radius 1 is 1.19 bits per heavy atom. The highest BCUT2D eigenvalue weighted by Gasteiger charge is 2.19. The second kappa shape index (κ2) is 8.99. The van der Waals surface area contributed by atoms with E-state index in [0.29, 0.717) is 18.9 Å². The lowest BCUT2D eigenvalue weighted by Crippen LogP contribution is -2.27. The van der Waals surface area contributed by atoms with E-state index in [1.54, 1.807) is 18.2 Å². The number of hydrogen-bond acceptors (Lipinski definition) is 5. The number of rotatable bonds is 10. The summed E-state index contributed by atoms with van der Waals surface area (Å²) in [7, 11) is -0.607. The minimum absolute atomic E-state index is 0.139. The normalized spacial score (nSPS) is 11.6. The third-order valence-electron chi connectivity index (χ3n) is 2.87. The third kappa shape index (κ3) is 5.62. The zero-order chi connectivity index (χ0) is 15.7. The zero-order valence-electron chi connectivity index (χ0n) is 12.8. The maximum absolute atomic E-state index is 12.2. The molecule has 0 spiro atoms. The molecular weight excluding hydrogens is 292 g/mol. The van der Waals surface area contributed by atoms with Crippen LogP contribution in [0.25, 0.3) is 0 Å². The van der Waals surface area contributed by atoms with Gasteiger partial charge in [0.1, 0.15) is 10.6 Å². The van der Waals surface area contributed by atoms with Crippen molar-refractivity contribution in [1.29, 1.82) is 0 Å². The van der Waals surface area contributed by atoms with Crippen LogP contribution in [-0.4, -0.2) is 42.3 Å². The summed E-state index contributed by atoms with van der Waals surface area (Å²) in [6, 6.07) is 5.10. The summed E-state index contributed by atoms with van der Waals surface area (Å²) >= 11 is 0. The molecule has 0 aliphatic rings. The van der Waals surface area contributed by atoms with Gasteiger partial charge in [0.05, 0.1) is 13.7 Å². The minimum Gasteiger partial charge on any atom is -0.495 e. The Hall–Kier alpha value is -1.15. The summed E-state index contributed by atoms with van der Waals surface area (Å²) in [5.74, 6) is 0.343. The topological polar surface area (TPSA) is 76.7 Å². The Bertz CT molecular complexity index is 532. The second-order valence-electron chi connectivity index (χ2n) is 4.55. The Balaban J connectivity index is 2.87. The van der Waals surface area contributed by atoms with Gasteiger partial charge in [-0.2, -0.15) is 0 Å². The fourth-order valence-corrected chi connectivity index (χ4v) is 2.97. The molecule has 0 atom stereocenters. The first-order valence-electron chi connectivity index (χ1n) is 6.91. The zero-order valence-corrected chi connectivity index (χ0v) is 13.6. The van der Waals surface area contributed by atoms with Gasteiger partial charge in [0.2, 0.25) is 10.0 Å². The van der Waals surface area contributed by atoms with E-state index in [-0.39, 0.29) is 11.4 Å². The van der Waals surface area contributed by atoms with Crippen molar-refractivity contribution >= 4 is 10.0 Å². The summed E-state index contributed by atoms with van der Waals surface area (Å²) < 4.78 is 36.9. The highest BCUT2D eigenvalue weighted by Crippen LogP contribution is 2.24. The molecule has 7 heteroatoms.